The summed E-state index contributed by atoms with van der Waals surface area (Å²) in [6.07, 6.45) is -0.0648. The van der Waals surface area contributed by atoms with Crippen LogP contribution in [0.25, 0.3) is 0 Å². The zero-order valence-corrected chi connectivity index (χ0v) is 2.39. The number of hydrogen-bond donors (Lipinski definition) is 1. The van der Waals surface area contributed by atoms with Crippen molar-refractivity contribution >= 4 is 6.19 Å². The third-order valence-electron chi connectivity index (χ3n) is 0.100. The predicted octanol–water partition coefficient (Wildman–Crippen LogP) is 0.466. The molecular formula is C2H5NO. The Morgan fingerprint density at radius 2 is 2.75 bits per heavy atom. The van der Waals surface area contributed by atoms with Gasteiger partial charge in [-0.3, -0.25) is 0 Å². The van der Waals surface area contributed by atoms with Gasteiger partial charge in [0.05, 0.1) is 1.37 Å². The lowest BCUT2D eigenvalue weighted by Gasteiger charge is -1.54. The van der Waals surface area contributed by atoms with Crippen LogP contribution >= 0.6 is 0 Å². The summed E-state index contributed by atoms with van der Waals surface area (Å²) in [6, 6.07) is 0. The van der Waals surface area contributed by atoms with Gasteiger partial charge in [-0.25, -0.2) is 0 Å². The van der Waals surface area contributed by atoms with Crippen LogP contribution < -0.4 is 0 Å². The highest BCUT2D eigenvalue weighted by Crippen LogP contribution is 1.38. The van der Waals surface area contributed by atoms with E-state index < -0.39 is 0 Å². The standard InChI is InChI=1S/C2H5NO/c1-2-3-4/h2,4H,1H3/b3-2+/i2D. The molecule has 4 heavy (non-hydrogen) atoms. The van der Waals surface area contributed by atoms with E-state index in [-0.39, 0.29) is 6.19 Å². The molecule has 0 aliphatic rings. The van der Waals surface area contributed by atoms with Crippen molar-refractivity contribution in [1.29, 1.82) is 0 Å². The Labute approximate surface area is 26.2 Å². The van der Waals surface area contributed by atoms with E-state index >= 15 is 0 Å². The lowest BCUT2D eigenvalue weighted by Crippen LogP contribution is -1.49. The van der Waals surface area contributed by atoms with Gasteiger partial charge in [-0.1, -0.05) is 0 Å². The van der Waals surface area contributed by atoms with Gasteiger partial charge in [0, 0.05) is 6.19 Å². The molecule has 0 rings (SSSR count). The summed E-state index contributed by atoms with van der Waals surface area (Å²) in [4.78, 5) is 0. The van der Waals surface area contributed by atoms with Crippen molar-refractivity contribution in [2.75, 3.05) is 0 Å². The van der Waals surface area contributed by atoms with E-state index in [1.165, 1.54) is 6.92 Å². The molecule has 0 saturated carbocycles. The minimum Gasteiger partial charge on any atom is -0.411 e. The first-order valence-corrected chi connectivity index (χ1v) is 0.924. The van der Waals surface area contributed by atoms with Gasteiger partial charge in [-0.15, -0.1) is 5.16 Å². The molecule has 0 aromatic carbocycles. The second-order valence-electron chi connectivity index (χ2n) is 0.324. The van der Waals surface area contributed by atoms with Crippen LogP contribution in [-0.2, 0) is 0 Å². The van der Waals surface area contributed by atoms with Gasteiger partial charge in [-0.05, 0) is 6.92 Å². The molecule has 0 aromatic heterocycles. The molecule has 1 N–H and O–H groups in total. The predicted molar refractivity (Wildman–Crippen MR) is 16.0 cm³/mol. The zero-order valence-electron chi connectivity index (χ0n) is 3.39. The maximum Gasteiger partial charge on any atom is 0.0824 e. The average molecular weight is 60.1 g/mol. The quantitative estimate of drug-likeness (QED) is 0.246. The van der Waals surface area contributed by atoms with Crippen molar-refractivity contribution in [3.63, 3.8) is 0 Å². The molecule has 0 aliphatic heterocycles. The minimum absolute atomic E-state index is 0.0648. The summed E-state index contributed by atoms with van der Waals surface area (Å²) in [5, 5.41) is 10.0. The second-order valence-corrected chi connectivity index (χ2v) is 0.324. The number of nitrogens with zero attached hydrogens (tertiary/aromatic N) is 1. The second kappa shape index (κ2) is 2.47. The Bertz CT molecular complexity index is 47.6. The molecule has 0 saturated heterocycles. The molecule has 0 atom stereocenters. The molecule has 0 amide bonds. The lowest BCUT2D eigenvalue weighted by atomic mass is 10.9. The summed E-state index contributed by atoms with van der Waals surface area (Å²) < 4.78 is 6.33. The third-order valence-corrected chi connectivity index (χ3v) is 0.100. The van der Waals surface area contributed by atoms with Gasteiger partial charge in [0.15, 0.2) is 0 Å². The van der Waals surface area contributed by atoms with Crippen molar-refractivity contribution in [3.05, 3.63) is 0 Å². The van der Waals surface area contributed by atoms with Crippen LogP contribution in [0, 0.1) is 0 Å². The minimum atomic E-state index is -0.0648. The molecule has 0 aliphatic carbocycles. The van der Waals surface area contributed by atoms with Crippen molar-refractivity contribution < 1.29 is 6.58 Å². The Balaban J connectivity index is 3.14. The van der Waals surface area contributed by atoms with Crippen molar-refractivity contribution in [1.82, 2.24) is 0 Å². The first-order chi connectivity index (χ1) is 2.27. The van der Waals surface area contributed by atoms with Crippen LogP contribution in [0.3, 0.4) is 0 Å². The highest BCUT2D eigenvalue weighted by Gasteiger charge is 1.34. The van der Waals surface area contributed by atoms with E-state index in [0.717, 1.165) is 0 Å². The van der Waals surface area contributed by atoms with Crippen molar-refractivity contribution in [3.8, 4) is 0 Å². The highest BCUT2D eigenvalue weighted by atomic mass is 16.4. The van der Waals surface area contributed by atoms with Crippen molar-refractivity contribution in [2.45, 2.75) is 6.92 Å². The van der Waals surface area contributed by atoms with Crippen LogP contribution in [0.15, 0.2) is 5.16 Å². The zero-order chi connectivity index (χ0) is 4.28. The number of oxime groups is 1. The third kappa shape index (κ3) is 1.47. The maximum absolute atomic E-state index is 7.54. The van der Waals surface area contributed by atoms with E-state index in [1.54, 1.807) is 0 Å². The first-order valence-electron chi connectivity index (χ1n) is 1.42. The Hall–Kier alpha value is -0.530. The Morgan fingerprint density at radius 1 is 2.50 bits per heavy atom. The first kappa shape index (κ1) is 1.76. The fourth-order valence-corrected chi connectivity index (χ4v) is 0. The molecule has 0 fully saturated rings. The topological polar surface area (TPSA) is 32.6 Å². The lowest BCUT2D eigenvalue weighted by molar-refractivity contribution is 0.321. The number of hydrogen-bond acceptors (Lipinski definition) is 2. The van der Waals surface area contributed by atoms with Gasteiger partial charge < -0.3 is 5.21 Å². The SMILES string of the molecule is [2H]/C(C)=N\O. The maximum atomic E-state index is 7.54. The summed E-state index contributed by atoms with van der Waals surface area (Å²) >= 11 is 0. The fraction of sp³-hybridized carbons (Fsp3) is 0.500. The number of rotatable bonds is 0. The Morgan fingerprint density at radius 3 is 2.75 bits per heavy atom. The molecule has 0 radical (unpaired) electrons. The summed E-state index contributed by atoms with van der Waals surface area (Å²) in [6.45, 7) is 1.39. The van der Waals surface area contributed by atoms with E-state index in [1.807, 2.05) is 0 Å². The molecule has 0 unspecified atom stereocenters. The van der Waals surface area contributed by atoms with Gasteiger partial charge in [0.1, 0.15) is 0 Å². The van der Waals surface area contributed by atoms with Crippen LogP contribution in [0.5, 0.6) is 0 Å². The van der Waals surface area contributed by atoms with Crippen LogP contribution in [-0.4, -0.2) is 11.4 Å². The van der Waals surface area contributed by atoms with Crippen molar-refractivity contribution in [2.24, 2.45) is 5.16 Å². The van der Waals surface area contributed by atoms with Gasteiger partial charge >= 0.3 is 0 Å². The highest BCUT2D eigenvalue weighted by molar-refractivity contribution is 5.51. The summed E-state index contributed by atoms with van der Waals surface area (Å²) in [5.74, 6) is 0. The molecule has 24 valence electrons. The summed E-state index contributed by atoms with van der Waals surface area (Å²) in [5.41, 5.74) is 0. The van der Waals surface area contributed by atoms with E-state index in [9.17, 15) is 0 Å². The molecular weight excluding hydrogens is 54.0 g/mol. The van der Waals surface area contributed by atoms with Crippen LogP contribution in [0.2, 0.25) is 0 Å². The molecule has 2 nitrogen and oxygen atoms in total. The van der Waals surface area contributed by atoms with Crippen LogP contribution in [0.1, 0.15) is 8.29 Å². The van der Waals surface area contributed by atoms with Gasteiger partial charge in [0.2, 0.25) is 0 Å². The monoisotopic (exact) mass is 60.0 g/mol. The fourth-order valence-electron chi connectivity index (χ4n) is 0. The molecule has 0 aromatic rings. The van der Waals surface area contributed by atoms with Crippen LogP contribution in [0.4, 0.5) is 0 Å². The normalized spacial score (nSPS) is 15.2. The molecule has 0 bridgehead atoms. The average Bonchev–Trinajstić information content (AvgIpc) is 1.38. The van der Waals surface area contributed by atoms with E-state index in [0.29, 0.717) is 0 Å². The van der Waals surface area contributed by atoms with Gasteiger partial charge in [0.25, 0.3) is 0 Å². The Kier molecular flexibility index (Phi) is 1.09. The smallest absolute Gasteiger partial charge is 0.0824 e. The summed E-state index contributed by atoms with van der Waals surface area (Å²) in [7, 11) is 0. The van der Waals surface area contributed by atoms with E-state index in [2.05, 4.69) is 5.16 Å². The molecule has 0 spiro atoms. The van der Waals surface area contributed by atoms with E-state index in [4.69, 9.17) is 6.58 Å². The molecule has 0 heterocycles. The van der Waals surface area contributed by atoms with Gasteiger partial charge in [-0.2, -0.15) is 0 Å². The molecule has 2 heteroatoms. The largest absolute Gasteiger partial charge is 0.411 e.